The number of pyridine rings is 2. The van der Waals surface area contributed by atoms with E-state index in [0.29, 0.717) is 56.5 Å². The number of methoxy groups -OCH3 is 1. The van der Waals surface area contributed by atoms with Crippen molar-refractivity contribution in [2.24, 2.45) is 0 Å². The number of ether oxygens (including phenoxy) is 2. The van der Waals surface area contributed by atoms with Gasteiger partial charge in [0.05, 0.1) is 23.6 Å². The Balaban J connectivity index is 1.14. The number of hydrogen-bond donors (Lipinski definition) is 0. The van der Waals surface area contributed by atoms with Crippen molar-refractivity contribution >= 4 is 23.5 Å². The van der Waals surface area contributed by atoms with E-state index in [1.165, 1.54) is 6.08 Å². The molecule has 5 aliphatic rings. The molecule has 0 bridgehead atoms. The van der Waals surface area contributed by atoms with Gasteiger partial charge in [-0.3, -0.25) is 14.7 Å². The van der Waals surface area contributed by atoms with Crippen LogP contribution in [0.2, 0.25) is 0 Å². The van der Waals surface area contributed by atoms with E-state index in [4.69, 9.17) is 9.47 Å². The van der Waals surface area contributed by atoms with Crippen molar-refractivity contribution in [3.05, 3.63) is 65.1 Å². The average Bonchev–Trinajstić information content (AvgIpc) is 3.23. The van der Waals surface area contributed by atoms with Crippen LogP contribution in [0.3, 0.4) is 0 Å². The maximum atomic E-state index is 14.6. The first-order valence-corrected chi connectivity index (χ1v) is 16.1. The van der Waals surface area contributed by atoms with Crippen LogP contribution in [0.25, 0.3) is 6.08 Å². The Morgan fingerprint density at radius 3 is 2.73 bits per heavy atom. The molecule has 0 radical (unpaired) electrons. The van der Waals surface area contributed by atoms with Gasteiger partial charge in [-0.2, -0.15) is 0 Å². The normalized spacial score (nSPS) is 29.3. The second-order valence-corrected chi connectivity index (χ2v) is 13.0. The number of anilines is 2. The molecule has 5 aliphatic heterocycles. The van der Waals surface area contributed by atoms with E-state index in [-0.39, 0.29) is 29.8 Å². The summed E-state index contributed by atoms with van der Waals surface area (Å²) >= 11 is 0. The number of carbonyl (C=O) groups is 1. The molecule has 1 spiro atoms. The fourth-order valence-electron chi connectivity index (χ4n) is 8.40. The van der Waals surface area contributed by atoms with E-state index in [2.05, 4.69) is 45.1 Å². The number of nitrogens with zero attached hydrogens (tertiary/aromatic N) is 6. The second-order valence-electron chi connectivity index (χ2n) is 13.0. The molecule has 45 heavy (non-hydrogen) atoms. The summed E-state index contributed by atoms with van der Waals surface area (Å²) in [6.07, 6.45) is 6.33. The minimum atomic E-state index is -2.69. The number of aromatic nitrogens is 2. The zero-order valence-corrected chi connectivity index (χ0v) is 26.3. The van der Waals surface area contributed by atoms with Gasteiger partial charge in [-0.25, -0.2) is 13.8 Å². The highest BCUT2D eigenvalue weighted by atomic mass is 19.3. The van der Waals surface area contributed by atoms with Crippen LogP contribution in [0.1, 0.15) is 66.8 Å². The first kappa shape index (κ1) is 30.3. The number of rotatable bonds is 6. The van der Waals surface area contributed by atoms with Gasteiger partial charge in [0.1, 0.15) is 17.6 Å². The van der Waals surface area contributed by atoms with Gasteiger partial charge in [0.25, 0.3) is 6.43 Å². The lowest BCUT2D eigenvalue weighted by molar-refractivity contribution is -0.128. The molecule has 2 aromatic rings. The summed E-state index contributed by atoms with van der Waals surface area (Å²) in [7, 11) is 1.67. The Morgan fingerprint density at radius 1 is 1.22 bits per heavy atom. The lowest BCUT2D eigenvalue weighted by atomic mass is 9.79. The molecule has 3 saturated heterocycles. The molecule has 2 aromatic heterocycles. The molecule has 0 N–H and O–H groups in total. The Morgan fingerprint density at radius 2 is 2.02 bits per heavy atom. The number of piperidine rings is 1. The van der Waals surface area contributed by atoms with Crippen LogP contribution in [0.5, 0.6) is 0 Å². The highest BCUT2D eigenvalue weighted by molar-refractivity contribution is 5.87. The average molecular weight is 621 g/mol. The van der Waals surface area contributed by atoms with Gasteiger partial charge in [0.2, 0.25) is 5.91 Å². The quantitative estimate of drug-likeness (QED) is 0.433. The van der Waals surface area contributed by atoms with Gasteiger partial charge >= 0.3 is 0 Å². The first-order valence-electron chi connectivity index (χ1n) is 16.1. The Labute approximate surface area is 263 Å². The fraction of sp³-hybridized carbons (Fsp3) is 0.559. The SMILES string of the molecule is C=CC(=O)N1CCN(C2CN3c4cc(N5CC[C@]6(C[C@H]5C)O[C@H](COC)c5nccc(C)c56)nc(C(F)F)c4C=CCC23)CC1. The monoisotopic (exact) mass is 620 g/mol. The summed E-state index contributed by atoms with van der Waals surface area (Å²) in [6, 6.07) is 4.55. The molecule has 9 nitrogen and oxygen atoms in total. The van der Waals surface area contributed by atoms with Crippen molar-refractivity contribution in [1.29, 1.82) is 0 Å². The predicted octanol–water partition coefficient (Wildman–Crippen LogP) is 4.63. The van der Waals surface area contributed by atoms with Crippen molar-refractivity contribution in [1.82, 2.24) is 19.8 Å². The van der Waals surface area contributed by atoms with Crippen molar-refractivity contribution in [3.63, 3.8) is 0 Å². The second kappa shape index (κ2) is 11.7. The molecule has 7 heterocycles. The van der Waals surface area contributed by atoms with E-state index in [1.807, 2.05) is 35.4 Å². The Hall–Kier alpha value is -3.41. The zero-order valence-electron chi connectivity index (χ0n) is 26.3. The lowest BCUT2D eigenvalue weighted by Gasteiger charge is -2.55. The molecule has 0 aliphatic carbocycles. The molecule has 0 aromatic carbocycles. The largest absolute Gasteiger partial charge is 0.382 e. The summed E-state index contributed by atoms with van der Waals surface area (Å²) in [4.78, 5) is 30.1. The fourth-order valence-corrected chi connectivity index (χ4v) is 8.40. The molecule has 3 fully saturated rings. The minimum absolute atomic E-state index is 0.000554. The number of alkyl halides is 2. The Kier molecular flexibility index (Phi) is 7.90. The van der Waals surface area contributed by atoms with Gasteiger partial charge < -0.3 is 24.2 Å². The van der Waals surface area contributed by atoms with Gasteiger partial charge in [-0.15, -0.1) is 0 Å². The van der Waals surface area contributed by atoms with Crippen molar-refractivity contribution in [2.45, 2.75) is 69.4 Å². The van der Waals surface area contributed by atoms with E-state index in [9.17, 15) is 13.6 Å². The number of halogens is 2. The van der Waals surface area contributed by atoms with Gasteiger partial charge in [-0.1, -0.05) is 18.7 Å². The number of amides is 1. The summed E-state index contributed by atoms with van der Waals surface area (Å²) in [5.41, 5.74) is 3.95. The third-order valence-corrected chi connectivity index (χ3v) is 10.6. The van der Waals surface area contributed by atoms with Crippen LogP contribution in [0.4, 0.5) is 20.3 Å². The van der Waals surface area contributed by atoms with Crippen LogP contribution in [0.15, 0.2) is 37.1 Å². The predicted molar refractivity (Wildman–Crippen MR) is 169 cm³/mol. The van der Waals surface area contributed by atoms with Crippen molar-refractivity contribution < 1.29 is 23.0 Å². The third kappa shape index (κ3) is 5.03. The number of aryl methyl sites for hydroxylation is 1. The number of fused-ring (bicyclic) bond motifs is 5. The molecule has 1 amide bonds. The number of carbonyl (C=O) groups excluding carboxylic acids is 1. The highest BCUT2D eigenvalue weighted by Gasteiger charge is 2.51. The molecular formula is C34H42F2N6O3. The van der Waals surface area contributed by atoms with E-state index < -0.39 is 12.0 Å². The molecular weight excluding hydrogens is 578 g/mol. The van der Waals surface area contributed by atoms with Crippen LogP contribution in [-0.2, 0) is 19.9 Å². The topological polar surface area (TPSA) is 74.3 Å². The summed E-state index contributed by atoms with van der Waals surface area (Å²) in [5.74, 6) is 0.564. The molecule has 11 heteroatoms. The maximum absolute atomic E-state index is 14.6. The zero-order chi connectivity index (χ0) is 31.5. The standard InChI is InChI=1S/C34H42F2N6O3/c1-5-29(43)40-15-13-39(14-16-40)26-19-42-24(26)8-6-7-23-25(42)17-28(38-31(23)33(35)36)41-12-10-34(18-22(41)3)30-21(2)9-11-37-32(30)27(45-34)20-44-4/h5-7,9,11,17,22,24,26-27,33H,1,8,10,12-16,18-20H2,2-4H3/t22-,24?,26?,27-,34-/m1/s1. The number of hydrogen-bond acceptors (Lipinski definition) is 8. The summed E-state index contributed by atoms with van der Waals surface area (Å²) < 4.78 is 41.4. The van der Waals surface area contributed by atoms with Crippen LogP contribution in [0, 0.1) is 6.92 Å². The van der Waals surface area contributed by atoms with E-state index >= 15 is 0 Å². The number of piperazine rings is 1. The van der Waals surface area contributed by atoms with Gasteiger partial charge in [0.15, 0.2) is 0 Å². The van der Waals surface area contributed by atoms with Crippen LogP contribution < -0.4 is 9.80 Å². The Bertz CT molecular complexity index is 1510. The molecule has 240 valence electrons. The van der Waals surface area contributed by atoms with Crippen molar-refractivity contribution in [3.8, 4) is 0 Å². The van der Waals surface area contributed by atoms with E-state index in [1.54, 1.807) is 7.11 Å². The lowest BCUT2D eigenvalue weighted by Crippen LogP contribution is -2.69. The molecule has 2 unspecified atom stereocenters. The third-order valence-electron chi connectivity index (χ3n) is 10.6. The minimum Gasteiger partial charge on any atom is -0.382 e. The first-order chi connectivity index (χ1) is 21.7. The van der Waals surface area contributed by atoms with Crippen LogP contribution in [-0.4, -0.2) is 96.8 Å². The smallest absolute Gasteiger partial charge is 0.281 e. The van der Waals surface area contributed by atoms with Gasteiger partial charge in [0, 0.05) is 94.3 Å². The van der Waals surface area contributed by atoms with Crippen molar-refractivity contribution in [2.75, 3.05) is 62.8 Å². The van der Waals surface area contributed by atoms with Crippen LogP contribution >= 0.6 is 0 Å². The maximum Gasteiger partial charge on any atom is 0.281 e. The van der Waals surface area contributed by atoms with Gasteiger partial charge in [-0.05, 0) is 44.4 Å². The molecule has 7 rings (SSSR count). The molecule has 0 saturated carbocycles. The highest BCUT2D eigenvalue weighted by Crippen LogP contribution is 2.52. The molecule has 5 atom stereocenters. The van der Waals surface area contributed by atoms with E-state index in [0.717, 1.165) is 48.6 Å². The summed E-state index contributed by atoms with van der Waals surface area (Å²) in [6.45, 7) is 12.6. The summed E-state index contributed by atoms with van der Waals surface area (Å²) in [5, 5.41) is 0.